The minimum atomic E-state index is -3.97. The number of anilines is 1. The number of aliphatic carboxylic acids is 1. The summed E-state index contributed by atoms with van der Waals surface area (Å²) >= 11 is 0. The zero-order valence-corrected chi connectivity index (χ0v) is 12.5. The lowest BCUT2D eigenvalue weighted by Crippen LogP contribution is -2.32. The third kappa shape index (κ3) is 4.41. The number of ether oxygens (including phenoxy) is 1. The van der Waals surface area contributed by atoms with Gasteiger partial charge in [-0.1, -0.05) is 13.0 Å². The summed E-state index contributed by atoms with van der Waals surface area (Å²) in [6, 6.07) is 6.42. The fourth-order valence-electron chi connectivity index (χ4n) is 1.33. The van der Waals surface area contributed by atoms with E-state index >= 15 is 0 Å². The van der Waals surface area contributed by atoms with Crippen LogP contribution in [0.2, 0.25) is 0 Å². The molecule has 2 atom stereocenters. The molecule has 0 aliphatic carbocycles. The van der Waals surface area contributed by atoms with Crippen LogP contribution in [-0.4, -0.2) is 30.8 Å². The maximum atomic E-state index is 11.8. The molecule has 0 aliphatic rings. The Hall–Kier alpha value is -1.76. The molecule has 1 aromatic rings. The molecule has 7 heteroatoms. The van der Waals surface area contributed by atoms with Crippen LogP contribution in [0, 0.1) is 0 Å². The molecule has 20 heavy (non-hydrogen) atoms. The zero-order valence-electron chi connectivity index (χ0n) is 11.7. The van der Waals surface area contributed by atoms with Crippen molar-refractivity contribution in [1.29, 1.82) is 0 Å². The largest absolute Gasteiger partial charge is 0.491 e. The fourth-order valence-corrected chi connectivity index (χ4v) is 2.23. The molecule has 0 aliphatic heterocycles. The number of carbonyl (C=O) groups is 1. The molecular weight excluding hydrogens is 282 g/mol. The van der Waals surface area contributed by atoms with Crippen LogP contribution in [0.1, 0.15) is 27.2 Å². The van der Waals surface area contributed by atoms with Gasteiger partial charge in [0.25, 0.3) is 0 Å². The SMILES string of the molecule is CCC(C)Oc1cccc(NS(=O)(=O)C(C)C(=O)O)c1. The first-order valence-corrected chi connectivity index (χ1v) is 7.82. The summed E-state index contributed by atoms with van der Waals surface area (Å²) in [5, 5.41) is 7.23. The van der Waals surface area contributed by atoms with Gasteiger partial charge in [0.2, 0.25) is 10.0 Å². The Bertz CT molecular complexity index is 570. The quantitative estimate of drug-likeness (QED) is 0.804. The first kappa shape index (κ1) is 16.3. The van der Waals surface area contributed by atoms with Gasteiger partial charge < -0.3 is 9.84 Å². The second-order valence-corrected chi connectivity index (χ2v) is 6.49. The van der Waals surface area contributed by atoms with Gasteiger partial charge in [-0.25, -0.2) is 8.42 Å². The highest BCUT2D eigenvalue weighted by Gasteiger charge is 2.27. The lowest BCUT2D eigenvalue weighted by molar-refractivity contribution is -0.136. The van der Waals surface area contributed by atoms with Crippen molar-refractivity contribution < 1.29 is 23.1 Å². The molecule has 0 heterocycles. The van der Waals surface area contributed by atoms with E-state index in [4.69, 9.17) is 9.84 Å². The smallest absolute Gasteiger partial charge is 0.323 e. The zero-order chi connectivity index (χ0) is 15.3. The lowest BCUT2D eigenvalue weighted by atomic mass is 10.3. The number of hydrogen-bond donors (Lipinski definition) is 2. The minimum absolute atomic E-state index is 0.0137. The summed E-state index contributed by atoms with van der Waals surface area (Å²) in [6.07, 6.45) is 0.839. The molecule has 0 spiro atoms. The van der Waals surface area contributed by atoms with E-state index in [-0.39, 0.29) is 11.8 Å². The summed E-state index contributed by atoms with van der Waals surface area (Å²) in [6.45, 7) is 5.00. The monoisotopic (exact) mass is 301 g/mol. The molecule has 2 N–H and O–H groups in total. The van der Waals surface area contributed by atoms with Gasteiger partial charge in [0.05, 0.1) is 11.8 Å². The first-order chi connectivity index (χ1) is 9.26. The summed E-state index contributed by atoms with van der Waals surface area (Å²) in [5.74, 6) is -0.868. The molecule has 1 aromatic carbocycles. The topological polar surface area (TPSA) is 92.7 Å². The Labute approximate surface area is 118 Å². The van der Waals surface area contributed by atoms with Crippen molar-refractivity contribution in [1.82, 2.24) is 0 Å². The van der Waals surface area contributed by atoms with Crippen molar-refractivity contribution in [3.05, 3.63) is 24.3 Å². The Kier molecular flexibility index (Phi) is 5.38. The summed E-state index contributed by atoms with van der Waals surface area (Å²) in [4.78, 5) is 10.7. The van der Waals surface area contributed by atoms with Gasteiger partial charge in [-0.05, 0) is 32.4 Å². The van der Waals surface area contributed by atoms with Crippen molar-refractivity contribution in [2.75, 3.05) is 4.72 Å². The average molecular weight is 301 g/mol. The number of hydrogen-bond acceptors (Lipinski definition) is 4. The number of rotatable bonds is 7. The highest BCUT2D eigenvalue weighted by Crippen LogP contribution is 2.21. The Balaban J connectivity index is 2.88. The van der Waals surface area contributed by atoms with E-state index in [0.29, 0.717) is 5.75 Å². The van der Waals surface area contributed by atoms with Crippen LogP contribution in [0.15, 0.2) is 24.3 Å². The van der Waals surface area contributed by atoms with E-state index in [9.17, 15) is 13.2 Å². The van der Waals surface area contributed by atoms with Crippen molar-refractivity contribution in [3.8, 4) is 5.75 Å². The van der Waals surface area contributed by atoms with Gasteiger partial charge in [-0.15, -0.1) is 0 Å². The number of carboxylic acid groups (broad SMARTS) is 1. The van der Waals surface area contributed by atoms with E-state index in [1.807, 2.05) is 13.8 Å². The average Bonchev–Trinajstić information content (AvgIpc) is 2.37. The van der Waals surface area contributed by atoms with Crippen LogP contribution < -0.4 is 9.46 Å². The Morgan fingerprint density at radius 1 is 1.40 bits per heavy atom. The molecule has 0 aromatic heterocycles. The molecule has 2 unspecified atom stereocenters. The van der Waals surface area contributed by atoms with E-state index in [1.165, 1.54) is 12.1 Å². The molecule has 6 nitrogen and oxygen atoms in total. The molecule has 0 bridgehead atoms. The standard InChI is InChI=1S/C13H19NO5S/c1-4-9(2)19-12-7-5-6-11(8-12)14-20(17,18)10(3)13(15)16/h5-10,14H,4H2,1-3H3,(H,15,16). The van der Waals surface area contributed by atoms with Gasteiger partial charge in [0.15, 0.2) is 5.25 Å². The number of benzene rings is 1. The lowest BCUT2D eigenvalue weighted by Gasteiger charge is -2.15. The molecule has 112 valence electrons. The second kappa shape index (κ2) is 6.60. The predicted molar refractivity (Wildman–Crippen MR) is 76.5 cm³/mol. The van der Waals surface area contributed by atoms with E-state index in [1.54, 1.807) is 12.1 Å². The third-order valence-electron chi connectivity index (χ3n) is 2.82. The van der Waals surface area contributed by atoms with Crippen LogP contribution >= 0.6 is 0 Å². The Morgan fingerprint density at radius 3 is 2.60 bits per heavy atom. The van der Waals surface area contributed by atoms with Crippen LogP contribution in [-0.2, 0) is 14.8 Å². The van der Waals surface area contributed by atoms with E-state index in [2.05, 4.69) is 4.72 Å². The third-order valence-corrected chi connectivity index (χ3v) is 4.47. The van der Waals surface area contributed by atoms with Crippen LogP contribution in [0.4, 0.5) is 5.69 Å². The molecule has 0 radical (unpaired) electrons. The van der Waals surface area contributed by atoms with Gasteiger partial charge in [0, 0.05) is 6.07 Å². The molecule has 0 saturated heterocycles. The number of sulfonamides is 1. The van der Waals surface area contributed by atoms with E-state index < -0.39 is 21.2 Å². The molecule has 0 amide bonds. The van der Waals surface area contributed by atoms with Gasteiger partial charge >= 0.3 is 5.97 Å². The van der Waals surface area contributed by atoms with Crippen molar-refractivity contribution in [2.45, 2.75) is 38.5 Å². The molecule has 0 fully saturated rings. The highest BCUT2D eigenvalue weighted by molar-refractivity contribution is 7.94. The number of nitrogens with one attached hydrogen (secondary N) is 1. The Morgan fingerprint density at radius 2 is 2.05 bits per heavy atom. The van der Waals surface area contributed by atoms with Crippen LogP contribution in [0.5, 0.6) is 5.75 Å². The summed E-state index contributed by atoms with van der Waals surface area (Å²) < 4.78 is 31.4. The van der Waals surface area contributed by atoms with Crippen LogP contribution in [0.3, 0.4) is 0 Å². The summed E-state index contributed by atoms with van der Waals surface area (Å²) in [5.41, 5.74) is 0.277. The molecule has 1 rings (SSSR count). The van der Waals surface area contributed by atoms with Gasteiger partial charge in [-0.3, -0.25) is 9.52 Å². The van der Waals surface area contributed by atoms with Crippen molar-refractivity contribution in [3.63, 3.8) is 0 Å². The van der Waals surface area contributed by atoms with Crippen molar-refractivity contribution in [2.24, 2.45) is 0 Å². The highest BCUT2D eigenvalue weighted by atomic mass is 32.2. The van der Waals surface area contributed by atoms with Gasteiger partial charge in [-0.2, -0.15) is 0 Å². The number of carboxylic acids is 1. The second-order valence-electron chi connectivity index (χ2n) is 4.49. The van der Waals surface area contributed by atoms with E-state index in [0.717, 1.165) is 13.3 Å². The normalized spacial score (nSPS) is 14.3. The molecular formula is C13H19NO5S. The molecule has 0 saturated carbocycles. The van der Waals surface area contributed by atoms with Gasteiger partial charge in [0.1, 0.15) is 5.75 Å². The predicted octanol–water partition coefficient (Wildman–Crippen LogP) is 2.08. The summed E-state index contributed by atoms with van der Waals surface area (Å²) in [7, 11) is -3.97. The minimum Gasteiger partial charge on any atom is -0.491 e. The van der Waals surface area contributed by atoms with Crippen LogP contribution in [0.25, 0.3) is 0 Å². The maximum Gasteiger partial charge on any atom is 0.323 e. The van der Waals surface area contributed by atoms with Crippen molar-refractivity contribution >= 4 is 21.7 Å². The maximum absolute atomic E-state index is 11.8. The first-order valence-electron chi connectivity index (χ1n) is 6.27. The fraction of sp³-hybridized carbons (Fsp3) is 0.462.